The summed E-state index contributed by atoms with van der Waals surface area (Å²) in [6.07, 6.45) is 1.91. The molecule has 0 amide bonds. The van der Waals surface area contributed by atoms with Crippen molar-refractivity contribution in [3.63, 3.8) is 0 Å². The Kier molecular flexibility index (Phi) is 5.55. The van der Waals surface area contributed by atoms with E-state index in [1.807, 2.05) is 0 Å². The van der Waals surface area contributed by atoms with E-state index >= 15 is 0 Å². The number of carbonyl (C=O) groups is 1. The van der Waals surface area contributed by atoms with Crippen molar-refractivity contribution in [2.75, 3.05) is 13.7 Å². The third-order valence-electron chi connectivity index (χ3n) is 3.73. The number of carbonyl (C=O) groups excluding carboxylic acids is 1. The van der Waals surface area contributed by atoms with E-state index in [0.717, 1.165) is 10.6 Å². The van der Waals surface area contributed by atoms with Gasteiger partial charge in [0.2, 0.25) is 0 Å². The van der Waals surface area contributed by atoms with Gasteiger partial charge in [-0.2, -0.15) is 0 Å². The van der Waals surface area contributed by atoms with E-state index in [1.54, 1.807) is 6.21 Å². The molecule has 1 aromatic rings. The molecule has 1 aromatic heterocycles. The summed E-state index contributed by atoms with van der Waals surface area (Å²) in [7, 11) is -0.0242. The molecule has 24 heavy (non-hydrogen) atoms. The number of rotatable bonds is 7. The van der Waals surface area contributed by atoms with Crippen LogP contribution >= 0.6 is 0 Å². The van der Waals surface area contributed by atoms with Gasteiger partial charge in [-0.3, -0.25) is 14.2 Å². The molecule has 0 saturated heterocycles. The summed E-state index contributed by atoms with van der Waals surface area (Å²) in [6.45, 7) is 6.83. The van der Waals surface area contributed by atoms with Crippen LogP contribution in [0.4, 0.5) is 5.82 Å². The molecule has 0 aromatic carbocycles. The van der Waals surface area contributed by atoms with E-state index < -0.39 is 31.8 Å². The zero-order chi connectivity index (χ0) is 17.9. The predicted octanol–water partition coefficient (Wildman–Crippen LogP) is 0.754. The van der Waals surface area contributed by atoms with Crippen molar-refractivity contribution in [2.24, 2.45) is 4.99 Å². The lowest BCUT2D eigenvalue weighted by Gasteiger charge is -2.17. The number of nitrogens with zero attached hydrogens (tertiary/aromatic N) is 3. The number of aromatic nitrogens is 2. The van der Waals surface area contributed by atoms with E-state index in [9.17, 15) is 14.4 Å². The number of aliphatic imine (C=N–C) groups is 1. The summed E-state index contributed by atoms with van der Waals surface area (Å²) in [4.78, 5) is 40.5. The van der Waals surface area contributed by atoms with E-state index in [4.69, 9.17) is 4.74 Å². The number of fused-ring (bicyclic) bond motifs is 1. The molecule has 0 radical (unpaired) electrons. The van der Waals surface area contributed by atoms with Crippen LogP contribution in [0.2, 0.25) is 25.7 Å². The van der Waals surface area contributed by atoms with Crippen LogP contribution in [0.15, 0.2) is 14.6 Å². The normalized spacial score (nSPS) is 13.2. The molecule has 0 aliphatic carbocycles. The first-order valence-electron chi connectivity index (χ1n) is 7.78. The van der Waals surface area contributed by atoms with Crippen molar-refractivity contribution in [2.45, 2.75) is 45.4 Å². The number of esters is 1. The third-order valence-corrected chi connectivity index (χ3v) is 5.44. The largest absolute Gasteiger partial charge is 0.468 e. The smallest absolute Gasteiger partial charge is 0.335 e. The van der Waals surface area contributed by atoms with E-state index in [0.29, 0.717) is 24.4 Å². The van der Waals surface area contributed by atoms with Gasteiger partial charge in [0.15, 0.2) is 0 Å². The minimum Gasteiger partial charge on any atom is -0.468 e. The first-order chi connectivity index (χ1) is 11.2. The number of ether oxygens (including phenoxy) is 2. The number of methoxy groups -OCH3 is 1. The summed E-state index contributed by atoms with van der Waals surface area (Å²) in [5, 5.41) is 0. The van der Waals surface area contributed by atoms with Crippen LogP contribution in [0.1, 0.15) is 5.56 Å². The SMILES string of the molecule is COC(=O)Cn1c(=O)c2c(n(COCC[Si](C)(C)C)c1=O)N=CC2. The first kappa shape index (κ1) is 18.3. The molecule has 8 nitrogen and oxygen atoms in total. The maximum Gasteiger partial charge on any atom is 0.335 e. The Morgan fingerprint density at radius 1 is 1.29 bits per heavy atom. The highest BCUT2D eigenvalue weighted by atomic mass is 28.3. The van der Waals surface area contributed by atoms with E-state index in [-0.39, 0.29) is 6.73 Å². The monoisotopic (exact) mass is 353 g/mol. The van der Waals surface area contributed by atoms with Gasteiger partial charge in [-0.1, -0.05) is 19.6 Å². The fraction of sp³-hybridized carbons (Fsp3) is 0.600. The quantitative estimate of drug-likeness (QED) is 0.410. The molecule has 1 aliphatic heterocycles. The van der Waals surface area contributed by atoms with Crippen molar-refractivity contribution in [1.29, 1.82) is 0 Å². The van der Waals surface area contributed by atoms with Gasteiger partial charge in [0, 0.05) is 27.3 Å². The second kappa shape index (κ2) is 7.26. The van der Waals surface area contributed by atoms with Gasteiger partial charge in [0.05, 0.1) is 12.7 Å². The Morgan fingerprint density at radius 2 is 2.00 bits per heavy atom. The topological polar surface area (TPSA) is 91.9 Å². The highest BCUT2D eigenvalue weighted by Crippen LogP contribution is 2.19. The van der Waals surface area contributed by atoms with Crippen LogP contribution < -0.4 is 11.2 Å². The van der Waals surface area contributed by atoms with Gasteiger partial charge in [-0.25, -0.2) is 14.4 Å². The van der Waals surface area contributed by atoms with Crippen molar-refractivity contribution in [3.05, 3.63) is 26.4 Å². The summed E-state index contributed by atoms with van der Waals surface area (Å²) in [5.41, 5.74) is -0.722. The van der Waals surface area contributed by atoms with E-state index in [2.05, 4.69) is 29.4 Å². The van der Waals surface area contributed by atoms with Gasteiger partial charge >= 0.3 is 11.7 Å². The first-order valence-corrected chi connectivity index (χ1v) is 11.5. The molecule has 9 heteroatoms. The summed E-state index contributed by atoms with van der Waals surface area (Å²) in [5.74, 6) is -0.335. The van der Waals surface area contributed by atoms with Crippen LogP contribution in [0, 0.1) is 0 Å². The molecule has 0 saturated carbocycles. The Hall–Kier alpha value is -2.00. The molecule has 0 spiro atoms. The second-order valence-electron chi connectivity index (χ2n) is 6.84. The second-order valence-corrected chi connectivity index (χ2v) is 12.5. The summed E-state index contributed by atoms with van der Waals surface area (Å²) < 4.78 is 12.4. The fourth-order valence-electron chi connectivity index (χ4n) is 2.28. The molecule has 0 unspecified atom stereocenters. The minimum atomic E-state index is -1.23. The maximum atomic E-state index is 12.6. The van der Waals surface area contributed by atoms with Gasteiger partial charge in [0.1, 0.15) is 19.1 Å². The lowest BCUT2D eigenvalue weighted by Crippen LogP contribution is -2.43. The average molecular weight is 353 g/mol. The van der Waals surface area contributed by atoms with Crippen molar-refractivity contribution < 1.29 is 14.3 Å². The zero-order valence-corrected chi connectivity index (χ0v) is 15.5. The Labute approximate surface area is 140 Å². The standard InChI is InChI=1S/C15H23N3O5Si/c1-22-12(19)9-17-14(20)11-5-6-16-13(11)18(15(17)21)10-23-7-8-24(2,3)4/h6H,5,7-10H2,1-4H3. The lowest BCUT2D eigenvalue weighted by molar-refractivity contribution is -0.141. The molecular formula is C15H23N3O5Si. The number of hydrogen-bond donors (Lipinski definition) is 0. The van der Waals surface area contributed by atoms with Gasteiger partial charge < -0.3 is 9.47 Å². The summed E-state index contributed by atoms with van der Waals surface area (Å²) in [6, 6.07) is 0.967. The van der Waals surface area contributed by atoms with Crippen LogP contribution in [-0.4, -0.2) is 43.1 Å². The van der Waals surface area contributed by atoms with Crippen LogP contribution in [-0.2, 0) is 34.0 Å². The highest BCUT2D eigenvalue weighted by molar-refractivity contribution is 6.76. The van der Waals surface area contributed by atoms with Gasteiger partial charge in [-0.05, 0) is 6.04 Å². The molecule has 2 rings (SSSR count). The predicted molar refractivity (Wildman–Crippen MR) is 92.9 cm³/mol. The molecule has 0 bridgehead atoms. The lowest BCUT2D eigenvalue weighted by atomic mass is 10.2. The molecular weight excluding hydrogens is 330 g/mol. The van der Waals surface area contributed by atoms with Crippen LogP contribution in [0.5, 0.6) is 0 Å². The van der Waals surface area contributed by atoms with Crippen molar-refractivity contribution in [3.8, 4) is 0 Å². The van der Waals surface area contributed by atoms with E-state index in [1.165, 1.54) is 11.7 Å². The Balaban J connectivity index is 2.30. The number of hydrogen-bond acceptors (Lipinski definition) is 6. The molecule has 132 valence electrons. The third kappa shape index (κ3) is 4.09. The molecule has 0 fully saturated rings. The van der Waals surface area contributed by atoms with Crippen molar-refractivity contribution >= 4 is 26.1 Å². The molecule has 2 heterocycles. The molecule has 1 aliphatic rings. The Morgan fingerprint density at radius 3 is 2.62 bits per heavy atom. The highest BCUT2D eigenvalue weighted by Gasteiger charge is 2.22. The minimum absolute atomic E-state index is 0.00440. The molecule has 0 atom stereocenters. The van der Waals surface area contributed by atoms with Gasteiger partial charge in [0.25, 0.3) is 5.56 Å². The van der Waals surface area contributed by atoms with Crippen LogP contribution in [0.3, 0.4) is 0 Å². The molecule has 0 N–H and O–H groups in total. The summed E-state index contributed by atoms with van der Waals surface area (Å²) >= 11 is 0. The van der Waals surface area contributed by atoms with Gasteiger partial charge in [-0.15, -0.1) is 0 Å². The van der Waals surface area contributed by atoms with Crippen LogP contribution in [0.25, 0.3) is 0 Å². The zero-order valence-electron chi connectivity index (χ0n) is 14.5. The fourth-order valence-corrected chi connectivity index (χ4v) is 3.03. The maximum absolute atomic E-state index is 12.6. The Bertz CT molecular complexity index is 773. The van der Waals surface area contributed by atoms with Crippen molar-refractivity contribution in [1.82, 2.24) is 9.13 Å². The average Bonchev–Trinajstić information content (AvgIpc) is 2.98.